The molecule has 94 valence electrons. The number of halogens is 2. The van der Waals surface area contributed by atoms with Crippen molar-refractivity contribution in [3.05, 3.63) is 64.9 Å². The Balaban J connectivity index is 1.99. The molecule has 1 aromatic carbocycles. The smallest absolute Gasteiger partial charge is 0.111 e. The summed E-state index contributed by atoms with van der Waals surface area (Å²) in [5.41, 5.74) is 2.50. The number of hydrogen-bond acceptors (Lipinski definition) is 2. The summed E-state index contributed by atoms with van der Waals surface area (Å²) in [5.74, 6) is 0. The Morgan fingerprint density at radius 2 is 1.79 bits per heavy atom. The van der Waals surface area contributed by atoms with Gasteiger partial charge in [-0.25, -0.2) is 4.68 Å². The molecule has 0 bridgehead atoms. The molecule has 0 aliphatic heterocycles. The van der Waals surface area contributed by atoms with Crippen molar-refractivity contribution >= 4 is 23.2 Å². The summed E-state index contributed by atoms with van der Waals surface area (Å²) in [6.45, 7) is 0. The molecular formula is C14H9Cl2N3. The maximum Gasteiger partial charge on any atom is 0.111 e. The van der Waals surface area contributed by atoms with Crippen molar-refractivity contribution in [2.45, 2.75) is 0 Å². The molecule has 0 unspecified atom stereocenters. The van der Waals surface area contributed by atoms with Gasteiger partial charge in [0.1, 0.15) is 5.69 Å². The Labute approximate surface area is 120 Å². The van der Waals surface area contributed by atoms with Crippen LogP contribution in [-0.2, 0) is 0 Å². The van der Waals surface area contributed by atoms with Gasteiger partial charge in [0.05, 0.1) is 21.4 Å². The molecule has 3 nitrogen and oxygen atoms in total. The minimum absolute atomic E-state index is 0.508. The maximum atomic E-state index is 6.00. The summed E-state index contributed by atoms with van der Waals surface area (Å²) >= 11 is 11.9. The summed E-state index contributed by atoms with van der Waals surface area (Å²) in [7, 11) is 0. The average Bonchev–Trinajstić information content (AvgIpc) is 2.93. The summed E-state index contributed by atoms with van der Waals surface area (Å²) in [6, 6.07) is 13.0. The van der Waals surface area contributed by atoms with Gasteiger partial charge in [0.15, 0.2) is 0 Å². The highest BCUT2D eigenvalue weighted by Gasteiger charge is 2.06. The molecule has 0 aliphatic carbocycles. The van der Waals surface area contributed by atoms with Crippen LogP contribution < -0.4 is 0 Å². The second kappa shape index (κ2) is 5.03. The van der Waals surface area contributed by atoms with E-state index in [1.807, 2.05) is 36.5 Å². The largest absolute Gasteiger partial charge is 0.255 e. The fraction of sp³-hybridized carbons (Fsp3) is 0. The molecule has 3 aromatic rings. The molecule has 0 aliphatic rings. The number of aromatic nitrogens is 3. The minimum atomic E-state index is 0.508. The van der Waals surface area contributed by atoms with Gasteiger partial charge in [0, 0.05) is 12.4 Å². The van der Waals surface area contributed by atoms with Gasteiger partial charge < -0.3 is 0 Å². The zero-order chi connectivity index (χ0) is 13.2. The molecule has 3 rings (SSSR count). The van der Waals surface area contributed by atoms with Gasteiger partial charge in [-0.3, -0.25) is 4.98 Å². The molecule has 0 saturated carbocycles. The van der Waals surface area contributed by atoms with E-state index in [4.69, 9.17) is 23.2 Å². The molecule has 0 amide bonds. The Morgan fingerprint density at radius 3 is 2.53 bits per heavy atom. The van der Waals surface area contributed by atoms with Crippen LogP contribution in [0.5, 0.6) is 0 Å². The predicted octanol–water partition coefficient (Wildman–Crippen LogP) is 4.24. The van der Waals surface area contributed by atoms with Crippen molar-refractivity contribution in [2.24, 2.45) is 0 Å². The first kappa shape index (κ1) is 12.2. The van der Waals surface area contributed by atoms with Crippen LogP contribution in [0.25, 0.3) is 17.1 Å². The third kappa shape index (κ3) is 2.48. The van der Waals surface area contributed by atoms with E-state index in [-0.39, 0.29) is 0 Å². The van der Waals surface area contributed by atoms with Gasteiger partial charge in [0.2, 0.25) is 0 Å². The summed E-state index contributed by atoms with van der Waals surface area (Å²) in [6.07, 6.45) is 3.61. The lowest BCUT2D eigenvalue weighted by atomic mass is 10.3. The van der Waals surface area contributed by atoms with Crippen LogP contribution in [0.15, 0.2) is 54.9 Å². The van der Waals surface area contributed by atoms with E-state index in [9.17, 15) is 0 Å². The van der Waals surface area contributed by atoms with Gasteiger partial charge in [0.25, 0.3) is 0 Å². The number of hydrogen-bond donors (Lipinski definition) is 0. The fourth-order valence-corrected chi connectivity index (χ4v) is 2.04. The highest BCUT2D eigenvalue weighted by molar-refractivity contribution is 6.42. The Bertz CT molecular complexity index is 708. The van der Waals surface area contributed by atoms with Crippen molar-refractivity contribution in [1.82, 2.24) is 14.8 Å². The molecule has 0 radical (unpaired) electrons. The van der Waals surface area contributed by atoms with Crippen LogP contribution in [0.4, 0.5) is 0 Å². The quantitative estimate of drug-likeness (QED) is 0.706. The highest BCUT2D eigenvalue weighted by atomic mass is 35.5. The number of pyridine rings is 1. The number of nitrogens with zero attached hydrogens (tertiary/aromatic N) is 3. The zero-order valence-corrected chi connectivity index (χ0v) is 11.3. The first-order chi connectivity index (χ1) is 9.24. The van der Waals surface area contributed by atoms with Crippen molar-refractivity contribution in [3.63, 3.8) is 0 Å². The van der Waals surface area contributed by atoms with Crippen LogP contribution in [-0.4, -0.2) is 14.8 Å². The molecule has 19 heavy (non-hydrogen) atoms. The van der Waals surface area contributed by atoms with Crippen molar-refractivity contribution < 1.29 is 0 Å². The molecule has 0 saturated heterocycles. The highest BCUT2D eigenvalue weighted by Crippen LogP contribution is 2.24. The molecule has 0 atom stereocenters. The lowest BCUT2D eigenvalue weighted by Gasteiger charge is -2.03. The molecule has 5 heteroatoms. The van der Waals surface area contributed by atoms with Gasteiger partial charge in [-0.15, -0.1) is 0 Å². The second-order valence-corrected chi connectivity index (χ2v) is 4.77. The molecule has 0 fully saturated rings. The maximum absolute atomic E-state index is 6.00. The SMILES string of the molecule is Clc1ccc(-n2ccc(-c3ccccn3)n2)cc1Cl. The van der Waals surface area contributed by atoms with Crippen LogP contribution >= 0.6 is 23.2 Å². The third-order valence-corrected chi connectivity index (χ3v) is 3.42. The van der Waals surface area contributed by atoms with Crippen LogP contribution in [0.1, 0.15) is 0 Å². The summed E-state index contributed by atoms with van der Waals surface area (Å²) in [5, 5.41) is 5.51. The van der Waals surface area contributed by atoms with Gasteiger partial charge in [-0.2, -0.15) is 5.10 Å². The van der Waals surface area contributed by atoms with Crippen LogP contribution in [0, 0.1) is 0 Å². The van der Waals surface area contributed by atoms with E-state index < -0.39 is 0 Å². The van der Waals surface area contributed by atoms with E-state index >= 15 is 0 Å². The molecular weight excluding hydrogens is 281 g/mol. The van der Waals surface area contributed by atoms with E-state index in [0.717, 1.165) is 17.1 Å². The number of rotatable bonds is 2. The molecule has 0 spiro atoms. The van der Waals surface area contributed by atoms with Crippen molar-refractivity contribution in [1.29, 1.82) is 0 Å². The number of benzene rings is 1. The molecule has 0 N–H and O–H groups in total. The van der Waals surface area contributed by atoms with Gasteiger partial charge in [-0.1, -0.05) is 29.3 Å². The molecule has 2 heterocycles. The Kier molecular flexibility index (Phi) is 3.23. The summed E-state index contributed by atoms with van der Waals surface area (Å²) in [4.78, 5) is 4.26. The lowest BCUT2D eigenvalue weighted by Crippen LogP contribution is -1.95. The fourth-order valence-electron chi connectivity index (χ4n) is 1.75. The van der Waals surface area contributed by atoms with E-state index in [1.54, 1.807) is 23.0 Å². The topological polar surface area (TPSA) is 30.7 Å². The second-order valence-electron chi connectivity index (χ2n) is 3.96. The lowest BCUT2D eigenvalue weighted by molar-refractivity contribution is 0.882. The Morgan fingerprint density at radius 1 is 0.895 bits per heavy atom. The average molecular weight is 290 g/mol. The predicted molar refractivity (Wildman–Crippen MR) is 76.8 cm³/mol. The first-order valence-corrected chi connectivity index (χ1v) is 6.42. The normalized spacial score (nSPS) is 10.6. The van der Waals surface area contributed by atoms with Crippen molar-refractivity contribution in [2.75, 3.05) is 0 Å². The first-order valence-electron chi connectivity index (χ1n) is 5.66. The van der Waals surface area contributed by atoms with Crippen LogP contribution in [0.2, 0.25) is 10.0 Å². The zero-order valence-electron chi connectivity index (χ0n) is 9.79. The molecule has 2 aromatic heterocycles. The van der Waals surface area contributed by atoms with Crippen LogP contribution in [0.3, 0.4) is 0 Å². The Hall–Kier alpha value is -1.84. The third-order valence-electron chi connectivity index (χ3n) is 2.68. The van der Waals surface area contributed by atoms with Gasteiger partial charge >= 0.3 is 0 Å². The van der Waals surface area contributed by atoms with Gasteiger partial charge in [-0.05, 0) is 36.4 Å². The standard InChI is InChI=1S/C14H9Cl2N3/c15-11-5-4-10(9-12(11)16)19-8-6-14(18-19)13-3-1-2-7-17-13/h1-9H. The van der Waals surface area contributed by atoms with E-state index in [1.165, 1.54) is 0 Å². The monoisotopic (exact) mass is 289 g/mol. The summed E-state index contributed by atoms with van der Waals surface area (Å²) < 4.78 is 1.74. The van der Waals surface area contributed by atoms with Crippen molar-refractivity contribution in [3.8, 4) is 17.1 Å². The van der Waals surface area contributed by atoms with E-state index in [0.29, 0.717) is 10.0 Å². The van der Waals surface area contributed by atoms with E-state index in [2.05, 4.69) is 10.1 Å². The minimum Gasteiger partial charge on any atom is -0.255 e.